The van der Waals surface area contributed by atoms with Crippen LogP contribution < -0.4 is 0 Å². The Balaban J connectivity index is 2.00. The van der Waals surface area contributed by atoms with Crippen molar-refractivity contribution in [1.82, 2.24) is 0 Å². The third-order valence-electron chi connectivity index (χ3n) is 3.76. The summed E-state index contributed by atoms with van der Waals surface area (Å²) in [7, 11) is 0. The van der Waals surface area contributed by atoms with E-state index in [1.54, 1.807) is 0 Å². The SMILES string of the molecule is C#CC(OC[C@H]1O[C@@H](SC(C)C)[C@H](O)[C@@H](O)[C@H]1O)c1ccccc1. The van der Waals surface area contributed by atoms with Crippen LogP contribution in [0.25, 0.3) is 0 Å². The van der Waals surface area contributed by atoms with Crippen molar-refractivity contribution in [3.05, 3.63) is 35.9 Å². The van der Waals surface area contributed by atoms with Gasteiger partial charge in [-0.05, 0) is 5.56 Å². The molecule has 1 unspecified atom stereocenters. The largest absolute Gasteiger partial charge is 0.387 e. The molecule has 6 heteroatoms. The summed E-state index contributed by atoms with van der Waals surface area (Å²) in [6.07, 6.45) is 0.517. The van der Waals surface area contributed by atoms with Gasteiger partial charge in [0.1, 0.15) is 36.0 Å². The average Bonchev–Trinajstić information content (AvgIpc) is 2.57. The summed E-state index contributed by atoms with van der Waals surface area (Å²) in [4.78, 5) is 0. The van der Waals surface area contributed by atoms with Gasteiger partial charge in [0.25, 0.3) is 0 Å². The van der Waals surface area contributed by atoms with Crippen LogP contribution in [0.3, 0.4) is 0 Å². The highest BCUT2D eigenvalue weighted by Gasteiger charge is 2.44. The van der Waals surface area contributed by atoms with Gasteiger partial charge in [0.15, 0.2) is 0 Å². The van der Waals surface area contributed by atoms with E-state index in [1.807, 2.05) is 44.2 Å². The molecule has 0 spiro atoms. The number of hydrogen-bond donors (Lipinski definition) is 3. The van der Waals surface area contributed by atoms with E-state index in [0.29, 0.717) is 0 Å². The average molecular weight is 352 g/mol. The molecule has 1 aliphatic rings. The molecule has 132 valence electrons. The van der Waals surface area contributed by atoms with Crippen LogP contribution in [0.2, 0.25) is 0 Å². The van der Waals surface area contributed by atoms with E-state index in [2.05, 4.69) is 5.92 Å². The number of aliphatic hydroxyl groups is 3. The number of hydrogen-bond acceptors (Lipinski definition) is 6. The van der Waals surface area contributed by atoms with Crippen molar-refractivity contribution in [1.29, 1.82) is 0 Å². The maximum atomic E-state index is 10.1. The van der Waals surface area contributed by atoms with Crippen LogP contribution in [0.5, 0.6) is 0 Å². The lowest BCUT2D eigenvalue weighted by atomic mass is 10.0. The van der Waals surface area contributed by atoms with E-state index in [-0.39, 0.29) is 11.9 Å². The van der Waals surface area contributed by atoms with E-state index in [0.717, 1.165) is 5.56 Å². The fourth-order valence-electron chi connectivity index (χ4n) is 2.49. The van der Waals surface area contributed by atoms with E-state index in [4.69, 9.17) is 15.9 Å². The maximum Gasteiger partial charge on any atom is 0.143 e. The van der Waals surface area contributed by atoms with Gasteiger partial charge in [-0.2, -0.15) is 0 Å². The highest BCUT2D eigenvalue weighted by Crippen LogP contribution is 2.31. The van der Waals surface area contributed by atoms with Crippen molar-refractivity contribution in [3.8, 4) is 12.3 Å². The van der Waals surface area contributed by atoms with Gasteiger partial charge < -0.3 is 24.8 Å². The molecular weight excluding hydrogens is 328 g/mol. The van der Waals surface area contributed by atoms with Gasteiger partial charge in [0, 0.05) is 5.25 Å². The van der Waals surface area contributed by atoms with E-state index in [9.17, 15) is 15.3 Å². The van der Waals surface area contributed by atoms with E-state index < -0.39 is 36.0 Å². The van der Waals surface area contributed by atoms with Crippen LogP contribution in [0.1, 0.15) is 25.5 Å². The minimum Gasteiger partial charge on any atom is -0.387 e. The normalized spacial score (nSPS) is 31.6. The highest BCUT2D eigenvalue weighted by molar-refractivity contribution is 8.00. The second kappa shape index (κ2) is 8.86. The monoisotopic (exact) mass is 352 g/mol. The molecular formula is C18H24O5S. The topological polar surface area (TPSA) is 79.2 Å². The summed E-state index contributed by atoms with van der Waals surface area (Å²) in [6.45, 7) is 3.95. The van der Waals surface area contributed by atoms with Crippen LogP contribution >= 0.6 is 11.8 Å². The Morgan fingerprint density at radius 2 is 1.83 bits per heavy atom. The molecule has 0 bridgehead atoms. The number of benzene rings is 1. The molecule has 0 radical (unpaired) electrons. The Kier molecular flexibility index (Phi) is 7.11. The Hall–Kier alpha value is -1.07. The molecule has 0 amide bonds. The molecule has 0 saturated carbocycles. The minimum absolute atomic E-state index is 0.0177. The van der Waals surface area contributed by atoms with Gasteiger partial charge in [-0.15, -0.1) is 18.2 Å². The molecule has 2 rings (SSSR count). The quantitative estimate of drug-likeness (QED) is 0.671. The summed E-state index contributed by atoms with van der Waals surface area (Å²) < 4.78 is 11.4. The standard InChI is InChI=1S/C18H24O5S/c1-4-13(12-8-6-5-7-9-12)22-10-14-15(19)16(20)17(21)18(23-14)24-11(2)3/h1,5-9,11,13-21H,10H2,2-3H3/t13?,14-,15+,16+,17-,18+/m1/s1. The van der Waals surface area contributed by atoms with Crippen molar-refractivity contribution in [3.63, 3.8) is 0 Å². The molecule has 24 heavy (non-hydrogen) atoms. The number of aliphatic hydroxyl groups excluding tert-OH is 3. The molecule has 0 aliphatic carbocycles. The summed E-state index contributed by atoms with van der Waals surface area (Å²) >= 11 is 1.39. The predicted octanol–water partition coefficient (Wildman–Crippen LogP) is 1.33. The van der Waals surface area contributed by atoms with Gasteiger partial charge in [0.05, 0.1) is 6.61 Å². The second-order valence-corrected chi connectivity index (χ2v) is 7.67. The molecule has 3 N–H and O–H groups in total. The van der Waals surface area contributed by atoms with E-state index in [1.165, 1.54) is 11.8 Å². The fraction of sp³-hybridized carbons (Fsp3) is 0.556. The Bertz CT molecular complexity index is 544. The number of terminal acetylenes is 1. The molecule has 1 saturated heterocycles. The molecule has 1 aliphatic heterocycles. The molecule has 5 nitrogen and oxygen atoms in total. The van der Waals surface area contributed by atoms with Gasteiger partial charge in [-0.25, -0.2) is 0 Å². The zero-order valence-corrected chi connectivity index (χ0v) is 14.6. The van der Waals surface area contributed by atoms with Crippen LogP contribution in [-0.4, -0.2) is 57.0 Å². The Morgan fingerprint density at radius 1 is 1.17 bits per heavy atom. The third-order valence-corrected chi connectivity index (χ3v) is 4.96. The number of rotatable bonds is 6. The summed E-state index contributed by atoms with van der Waals surface area (Å²) in [5, 5.41) is 30.4. The van der Waals surface area contributed by atoms with Crippen molar-refractivity contribution < 1.29 is 24.8 Å². The predicted molar refractivity (Wildman–Crippen MR) is 93.4 cm³/mol. The second-order valence-electron chi connectivity index (χ2n) is 5.99. The van der Waals surface area contributed by atoms with Crippen molar-refractivity contribution in [2.45, 2.75) is 55.1 Å². The van der Waals surface area contributed by atoms with Crippen LogP contribution in [0, 0.1) is 12.3 Å². The molecule has 1 aromatic carbocycles. The van der Waals surface area contributed by atoms with E-state index >= 15 is 0 Å². The highest BCUT2D eigenvalue weighted by atomic mass is 32.2. The summed E-state index contributed by atoms with van der Waals surface area (Å²) in [5.41, 5.74) is 0.206. The Labute approximate surface area is 147 Å². The minimum atomic E-state index is -1.29. The lowest BCUT2D eigenvalue weighted by Gasteiger charge is -2.41. The molecule has 1 heterocycles. The third kappa shape index (κ3) is 4.73. The molecule has 1 aromatic rings. The first kappa shape index (κ1) is 19.3. The van der Waals surface area contributed by atoms with Crippen LogP contribution in [0.4, 0.5) is 0 Å². The summed E-state index contributed by atoms with van der Waals surface area (Å²) in [5.74, 6) is 2.56. The van der Waals surface area contributed by atoms with Crippen LogP contribution in [0.15, 0.2) is 30.3 Å². The maximum absolute atomic E-state index is 10.1. The van der Waals surface area contributed by atoms with Gasteiger partial charge in [-0.3, -0.25) is 0 Å². The zero-order chi connectivity index (χ0) is 17.7. The molecule has 1 fully saturated rings. The van der Waals surface area contributed by atoms with Crippen molar-refractivity contribution >= 4 is 11.8 Å². The number of thioether (sulfide) groups is 1. The van der Waals surface area contributed by atoms with Crippen molar-refractivity contribution in [2.24, 2.45) is 0 Å². The first-order chi connectivity index (χ1) is 11.4. The Morgan fingerprint density at radius 3 is 2.42 bits per heavy atom. The van der Waals surface area contributed by atoms with Gasteiger partial charge >= 0.3 is 0 Å². The fourth-order valence-corrected chi connectivity index (χ4v) is 3.56. The lowest BCUT2D eigenvalue weighted by molar-refractivity contribution is -0.211. The first-order valence-corrected chi connectivity index (χ1v) is 8.86. The van der Waals surface area contributed by atoms with Crippen LogP contribution in [-0.2, 0) is 9.47 Å². The van der Waals surface area contributed by atoms with Gasteiger partial charge in [0.2, 0.25) is 0 Å². The van der Waals surface area contributed by atoms with Gasteiger partial charge in [-0.1, -0.05) is 50.1 Å². The molecule has 0 aromatic heterocycles. The smallest absolute Gasteiger partial charge is 0.143 e. The molecule has 6 atom stereocenters. The number of ether oxygens (including phenoxy) is 2. The first-order valence-electron chi connectivity index (χ1n) is 7.91. The van der Waals surface area contributed by atoms with Crippen molar-refractivity contribution in [2.75, 3.05) is 6.61 Å². The summed E-state index contributed by atoms with van der Waals surface area (Å²) in [6, 6.07) is 9.34. The lowest BCUT2D eigenvalue weighted by Crippen LogP contribution is -2.58. The zero-order valence-electron chi connectivity index (χ0n) is 13.8.